The highest BCUT2D eigenvalue weighted by molar-refractivity contribution is 4.87. The van der Waals surface area contributed by atoms with E-state index >= 15 is 0 Å². The van der Waals surface area contributed by atoms with E-state index < -0.39 is 0 Å². The van der Waals surface area contributed by atoms with Gasteiger partial charge in [-0.2, -0.15) is 0 Å². The van der Waals surface area contributed by atoms with Crippen molar-refractivity contribution in [3.63, 3.8) is 0 Å². The van der Waals surface area contributed by atoms with Crippen molar-refractivity contribution in [3.8, 4) is 0 Å². The molecule has 0 aliphatic heterocycles. The fraction of sp³-hybridized carbons (Fsp3) is 0.800. The van der Waals surface area contributed by atoms with Crippen molar-refractivity contribution in [1.29, 1.82) is 0 Å². The Hall–Kier alpha value is -0.900. The van der Waals surface area contributed by atoms with Crippen molar-refractivity contribution in [3.05, 3.63) is 11.8 Å². The Balaban J connectivity index is 2.50. The first kappa shape index (κ1) is 11.2. The average molecular weight is 197 g/mol. The summed E-state index contributed by atoms with van der Waals surface area (Å²) in [5, 5.41) is 11.0. The number of nitrogens with one attached hydrogen (secondary N) is 1. The van der Waals surface area contributed by atoms with Gasteiger partial charge >= 0.3 is 0 Å². The van der Waals surface area contributed by atoms with Crippen molar-refractivity contribution in [2.24, 2.45) is 5.92 Å². The number of rotatable bonds is 5. The van der Waals surface area contributed by atoms with Crippen LogP contribution in [0.15, 0.2) is 4.42 Å². The molecule has 0 amide bonds. The Kier molecular flexibility index (Phi) is 4.07. The molecule has 0 saturated heterocycles. The summed E-state index contributed by atoms with van der Waals surface area (Å²) >= 11 is 0. The van der Waals surface area contributed by atoms with Crippen LogP contribution in [-0.4, -0.2) is 17.2 Å². The Morgan fingerprint density at radius 2 is 2.00 bits per heavy atom. The summed E-state index contributed by atoms with van der Waals surface area (Å²) in [4.78, 5) is 0. The van der Waals surface area contributed by atoms with E-state index in [0.717, 1.165) is 18.7 Å². The number of nitrogens with zero attached hydrogens (tertiary/aromatic N) is 2. The largest absolute Gasteiger partial charge is 0.424 e. The van der Waals surface area contributed by atoms with Crippen LogP contribution in [0.25, 0.3) is 0 Å². The van der Waals surface area contributed by atoms with Crippen LogP contribution in [0, 0.1) is 5.92 Å². The van der Waals surface area contributed by atoms with Gasteiger partial charge in [-0.15, -0.1) is 10.2 Å². The highest BCUT2D eigenvalue weighted by Crippen LogP contribution is 2.12. The first-order valence-electron chi connectivity index (χ1n) is 5.13. The maximum Gasteiger partial charge on any atom is 0.233 e. The molecule has 1 atom stereocenters. The molecule has 0 fully saturated rings. The van der Waals surface area contributed by atoms with Gasteiger partial charge in [-0.1, -0.05) is 13.8 Å². The second-order valence-corrected chi connectivity index (χ2v) is 3.98. The molecule has 1 unspecified atom stereocenters. The molecule has 0 spiro atoms. The molecule has 0 radical (unpaired) electrons. The summed E-state index contributed by atoms with van der Waals surface area (Å²) in [5.41, 5.74) is 0. The van der Waals surface area contributed by atoms with Crippen molar-refractivity contribution >= 4 is 0 Å². The first-order chi connectivity index (χ1) is 6.63. The van der Waals surface area contributed by atoms with Crippen LogP contribution in [0.5, 0.6) is 0 Å². The monoisotopic (exact) mass is 197 g/mol. The van der Waals surface area contributed by atoms with Gasteiger partial charge in [0.2, 0.25) is 11.8 Å². The van der Waals surface area contributed by atoms with Gasteiger partial charge in [-0.05, 0) is 26.3 Å². The van der Waals surface area contributed by atoms with E-state index in [4.69, 9.17) is 4.42 Å². The molecule has 4 nitrogen and oxygen atoms in total. The van der Waals surface area contributed by atoms with Crippen LogP contribution in [0.3, 0.4) is 0 Å². The van der Waals surface area contributed by atoms with Gasteiger partial charge in [0.1, 0.15) is 0 Å². The molecule has 1 heterocycles. The molecule has 4 heteroatoms. The Labute approximate surface area is 85.1 Å². The maximum atomic E-state index is 5.50. The lowest BCUT2D eigenvalue weighted by Crippen LogP contribution is -2.12. The molecule has 1 N–H and O–H groups in total. The Morgan fingerprint density at radius 1 is 1.29 bits per heavy atom. The highest BCUT2D eigenvalue weighted by atomic mass is 16.4. The zero-order chi connectivity index (χ0) is 10.6. The molecule has 1 aromatic heterocycles. The van der Waals surface area contributed by atoms with Crippen LogP contribution in [0.1, 0.15) is 45.0 Å². The van der Waals surface area contributed by atoms with Gasteiger partial charge in [0, 0.05) is 6.42 Å². The van der Waals surface area contributed by atoms with E-state index in [0.29, 0.717) is 11.8 Å². The van der Waals surface area contributed by atoms with Crippen LogP contribution < -0.4 is 5.32 Å². The van der Waals surface area contributed by atoms with Gasteiger partial charge in [-0.25, -0.2) is 0 Å². The van der Waals surface area contributed by atoms with Gasteiger partial charge in [0.25, 0.3) is 0 Å². The molecule has 0 saturated carbocycles. The summed E-state index contributed by atoms with van der Waals surface area (Å²) in [6.45, 7) is 6.38. The fourth-order valence-electron chi connectivity index (χ4n) is 1.08. The number of hydrogen-bond acceptors (Lipinski definition) is 4. The van der Waals surface area contributed by atoms with Gasteiger partial charge < -0.3 is 9.73 Å². The average Bonchev–Trinajstić information content (AvgIpc) is 2.62. The normalized spacial score (nSPS) is 13.5. The highest BCUT2D eigenvalue weighted by Gasteiger charge is 2.11. The standard InChI is InChI=1S/C10H19N3O/c1-7(2)5-6-9-12-13-10(14-9)8(3)11-4/h7-8,11H,5-6H2,1-4H3. The molecular formula is C10H19N3O. The zero-order valence-electron chi connectivity index (χ0n) is 9.37. The fourth-order valence-corrected chi connectivity index (χ4v) is 1.08. The van der Waals surface area contributed by atoms with E-state index in [1.165, 1.54) is 0 Å². The predicted octanol–water partition coefficient (Wildman–Crippen LogP) is 1.94. The van der Waals surface area contributed by atoms with Crippen molar-refractivity contribution < 1.29 is 4.42 Å². The minimum absolute atomic E-state index is 0.135. The lowest BCUT2D eigenvalue weighted by Gasteiger charge is -2.02. The van der Waals surface area contributed by atoms with E-state index in [-0.39, 0.29) is 6.04 Å². The Morgan fingerprint density at radius 3 is 2.57 bits per heavy atom. The van der Waals surface area contributed by atoms with E-state index in [1.807, 2.05) is 14.0 Å². The minimum atomic E-state index is 0.135. The minimum Gasteiger partial charge on any atom is -0.424 e. The van der Waals surface area contributed by atoms with Crippen molar-refractivity contribution in [2.45, 2.75) is 39.7 Å². The first-order valence-corrected chi connectivity index (χ1v) is 5.13. The van der Waals surface area contributed by atoms with E-state index in [1.54, 1.807) is 0 Å². The third-order valence-electron chi connectivity index (χ3n) is 2.22. The number of aromatic nitrogens is 2. The molecule has 1 rings (SSSR count). The Bertz CT molecular complexity index is 270. The molecule has 0 aliphatic carbocycles. The topological polar surface area (TPSA) is 51.0 Å². The van der Waals surface area contributed by atoms with Crippen LogP contribution in [-0.2, 0) is 6.42 Å². The lowest BCUT2D eigenvalue weighted by molar-refractivity contribution is 0.395. The van der Waals surface area contributed by atoms with E-state index in [2.05, 4.69) is 29.4 Å². The summed E-state index contributed by atoms with van der Waals surface area (Å²) in [7, 11) is 1.88. The molecule has 14 heavy (non-hydrogen) atoms. The van der Waals surface area contributed by atoms with Gasteiger partial charge in [0.15, 0.2) is 0 Å². The quantitative estimate of drug-likeness (QED) is 0.783. The van der Waals surface area contributed by atoms with Crippen molar-refractivity contribution in [2.75, 3.05) is 7.05 Å². The predicted molar refractivity (Wildman–Crippen MR) is 54.9 cm³/mol. The van der Waals surface area contributed by atoms with Crippen LogP contribution >= 0.6 is 0 Å². The maximum absolute atomic E-state index is 5.50. The molecular weight excluding hydrogens is 178 g/mol. The van der Waals surface area contributed by atoms with Crippen molar-refractivity contribution in [1.82, 2.24) is 15.5 Å². The molecule has 1 aromatic rings. The number of hydrogen-bond donors (Lipinski definition) is 1. The summed E-state index contributed by atoms with van der Waals surface area (Å²) < 4.78 is 5.50. The zero-order valence-corrected chi connectivity index (χ0v) is 9.37. The third kappa shape index (κ3) is 3.10. The summed E-state index contributed by atoms with van der Waals surface area (Å²) in [6.07, 6.45) is 1.97. The van der Waals surface area contributed by atoms with Gasteiger partial charge in [-0.3, -0.25) is 0 Å². The molecule has 0 bridgehead atoms. The third-order valence-corrected chi connectivity index (χ3v) is 2.22. The second kappa shape index (κ2) is 5.10. The van der Waals surface area contributed by atoms with Gasteiger partial charge in [0.05, 0.1) is 6.04 Å². The number of aryl methyl sites for hydroxylation is 1. The summed E-state index contributed by atoms with van der Waals surface area (Å²) in [5.74, 6) is 2.09. The summed E-state index contributed by atoms with van der Waals surface area (Å²) in [6, 6.07) is 0.135. The van der Waals surface area contributed by atoms with Crippen LogP contribution in [0.2, 0.25) is 0 Å². The van der Waals surface area contributed by atoms with E-state index in [9.17, 15) is 0 Å². The molecule has 0 aromatic carbocycles. The second-order valence-electron chi connectivity index (χ2n) is 3.98. The smallest absolute Gasteiger partial charge is 0.233 e. The molecule has 0 aliphatic rings. The lowest BCUT2D eigenvalue weighted by atomic mass is 10.1. The van der Waals surface area contributed by atoms with Crippen LogP contribution in [0.4, 0.5) is 0 Å². The molecule has 80 valence electrons. The SMILES string of the molecule is CNC(C)c1nnc(CCC(C)C)o1.